The van der Waals surface area contributed by atoms with E-state index in [0.717, 1.165) is 5.56 Å². The lowest BCUT2D eigenvalue weighted by Crippen LogP contribution is -2.46. The minimum Gasteiger partial charge on any atom is -0.355 e. The largest absolute Gasteiger partial charge is 0.355 e. The number of carbonyl (C=O) groups excluding carboxylic acids is 2. The number of carbonyl (C=O) groups is 2. The van der Waals surface area contributed by atoms with Gasteiger partial charge in [0.1, 0.15) is 0 Å². The molecule has 0 radical (unpaired) electrons. The maximum absolute atomic E-state index is 12.3. The molecule has 0 aliphatic heterocycles. The van der Waals surface area contributed by atoms with E-state index in [1.165, 1.54) is 4.90 Å². The van der Waals surface area contributed by atoms with Crippen LogP contribution >= 0.6 is 11.6 Å². The summed E-state index contributed by atoms with van der Waals surface area (Å²) in [5.41, 5.74) is 0.557. The molecule has 1 aromatic carbocycles. The van der Waals surface area contributed by atoms with Gasteiger partial charge in [0.2, 0.25) is 5.91 Å². The molecule has 0 spiro atoms. The Hall–Kier alpha value is -2.34. The van der Waals surface area contributed by atoms with Gasteiger partial charge in [-0.25, -0.2) is 0 Å². The quantitative estimate of drug-likeness (QED) is 0.920. The fourth-order valence-electron chi connectivity index (χ4n) is 2.07. The van der Waals surface area contributed by atoms with Crippen LogP contribution in [0, 0.1) is 0 Å². The van der Waals surface area contributed by atoms with Crippen molar-refractivity contribution in [1.82, 2.24) is 15.4 Å². The van der Waals surface area contributed by atoms with E-state index in [9.17, 15) is 9.59 Å². The highest BCUT2D eigenvalue weighted by Gasteiger charge is 2.21. The highest BCUT2D eigenvalue weighted by atomic mass is 35.5. The Kier molecular flexibility index (Phi) is 5.29. The zero-order valence-electron chi connectivity index (χ0n) is 14.1. The Morgan fingerprint density at radius 3 is 2.46 bits per heavy atom. The summed E-state index contributed by atoms with van der Waals surface area (Å²) >= 11 is 5.85. The summed E-state index contributed by atoms with van der Waals surface area (Å²) in [5, 5.41) is 7.20. The van der Waals surface area contributed by atoms with Gasteiger partial charge < -0.3 is 14.7 Å². The van der Waals surface area contributed by atoms with Gasteiger partial charge in [-0.3, -0.25) is 9.59 Å². The molecule has 0 bridgehead atoms. The molecule has 128 valence electrons. The first kappa shape index (κ1) is 18.0. The summed E-state index contributed by atoms with van der Waals surface area (Å²) < 4.78 is 5.21. The summed E-state index contributed by atoms with van der Waals surface area (Å²) in [6.45, 7) is 5.58. The van der Waals surface area contributed by atoms with Crippen LogP contribution in [0.1, 0.15) is 31.3 Å². The maximum atomic E-state index is 12.3. The van der Waals surface area contributed by atoms with E-state index in [4.69, 9.17) is 16.1 Å². The summed E-state index contributed by atoms with van der Waals surface area (Å²) in [6, 6.07) is 8.55. The minimum atomic E-state index is -0.386. The molecule has 0 saturated carbocycles. The second-order valence-corrected chi connectivity index (χ2v) is 6.98. The van der Waals surface area contributed by atoms with Gasteiger partial charge in [0.15, 0.2) is 11.5 Å². The van der Waals surface area contributed by atoms with Crippen LogP contribution in [0.25, 0.3) is 11.3 Å². The van der Waals surface area contributed by atoms with Gasteiger partial charge in [-0.15, -0.1) is 0 Å². The summed E-state index contributed by atoms with van der Waals surface area (Å²) in [7, 11) is 1.54. The predicted octanol–water partition coefficient (Wildman–Crippen LogP) is 2.98. The molecule has 0 fully saturated rings. The Bertz CT molecular complexity index is 732. The zero-order chi connectivity index (χ0) is 17.9. The lowest BCUT2D eigenvalue weighted by Gasteiger charge is -2.23. The number of aromatic nitrogens is 1. The first-order chi connectivity index (χ1) is 11.2. The Labute approximate surface area is 145 Å². The molecule has 1 N–H and O–H groups in total. The number of hydrogen-bond donors (Lipinski definition) is 1. The van der Waals surface area contributed by atoms with E-state index in [0.29, 0.717) is 10.8 Å². The van der Waals surface area contributed by atoms with Gasteiger partial charge in [0.25, 0.3) is 5.91 Å². The van der Waals surface area contributed by atoms with Crippen LogP contribution in [0.3, 0.4) is 0 Å². The molecule has 2 amide bonds. The van der Waals surface area contributed by atoms with Crippen LogP contribution in [0.2, 0.25) is 5.02 Å². The van der Waals surface area contributed by atoms with E-state index in [1.54, 1.807) is 37.4 Å². The van der Waals surface area contributed by atoms with Crippen LogP contribution in [-0.2, 0) is 4.79 Å². The summed E-state index contributed by atoms with van der Waals surface area (Å²) in [6.07, 6.45) is 0. The number of nitrogens with zero attached hydrogens (tertiary/aromatic N) is 2. The van der Waals surface area contributed by atoms with E-state index in [1.807, 2.05) is 20.8 Å². The van der Waals surface area contributed by atoms with E-state index in [-0.39, 0.29) is 29.6 Å². The number of rotatable bonds is 4. The first-order valence-electron chi connectivity index (χ1n) is 7.45. The lowest BCUT2D eigenvalue weighted by atomic mass is 10.1. The number of likely N-dealkylation sites (N-methyl/N-ethyl adjacent to an activating group) is 1. The molecule has 1 aromatic heterocycles. The average molecular weight is 350 g/mol. The molecule has 0 atom stereocenters. The second kappa shape index (κ2) is 7.05. The van der Waals surface area contributed by atoms with Crippen molar-refractivity contribution < 1.29 is 14.1 Å². The molecule has 0 unspecified atom stereocenters. The third-order valence-corrected chi connectivity index (χ3v) is 3.35. The Morgan fingerprint density at radius 2 is 1.88 bits per heavy atom. The molecule has 0 aliphatic carbocycles. The third-order valence-electron chi connectivity index (χ3n) is 3.10. The van der Waals surface area contributed by atoms with Gasteiger partial charge in [0.05, 0.1) is 6.54 Å². The molecule has 0 saturated heterocycles. The Morgan fingerprint density at radius 1 is 1.25 bits per heavy atom. The fourth-order valence-corrected chi connectivity index (χ4v) is 2.19. The van der Waals surface area contributed by atoms with Crippen LogP contribution in [0.15, 0.2) is 34.9 Å². The molecule has 6 nitrogen and oxygen atoms in total. The third kappa shape index (κ3) is 4.83. The fraction of sp³-hybridized carbons (Fsp3) is 0.353. The maximum Gasteiger partial charge on any atom is 0.276 e. The summed E-state index contributed by atoms with van der Waals surface area (Å²) in [4.78, 5) is 25.5. The predicted molar refractivity (Wildman–Crippen MR) is 91.8 cm³/mol. The van der Waals surface area contributed by atoms with Crippen molar-refractivity contribution in [2.75, 3.05) is 13.6 Å². The average Bonchev–Trinajstić information content (AvgIpc) is 2.94. The van der Waals surface area contributed by atoms with Gasteiger partial charge in [0, 0.05) is 29.2 Å². The van der Waals surface area contributed by atoms with E-state index in [2.05, 4.69) is 10.5 Å². The molecular formula is C17H20ClN3O3. The van der Waals surface area contributed by atoms with Crippen LogP contribution in [0.5, 0.6) is 0 Å². The SMILES string of the molecule is CN(CC(=O)NC(C)(C)C)C(=O)c1cc(-c2ccc(Cl)cc2)on1. The van der Waals surface area contributed by atoms with E-state index < -0.39 is 0 Å². The highest BCUT2D eigenvalue weighted by Crippen LogP contribution is 2.22. The molecule has 0 aliphatic rings. The Balaban J connectivity index is 2.05. The molecule has 2 aromatic rings. The molecule has 1 heterocycles. The van der Waals surface area contributed by atoms with Crippen molar-refractivity contribution in [2.24, 2.45) is 0 Å². The van der Waals surface area contributed by atoms with Gasteiger partial charge in [-0.2, -0.15) is 0 Å². The van der Waals surface area contributed by atoms with Crippen molar-refractivity contribution in [1.29, 1.82) is 0 Å². The number of halogens is 1. The minimum absolute atomic E-state index is 0.0563. The highest BCUT2D eigenvalue weighted by molar-refractivity contribution is 6.30. The number of amides is 2. The van der Waals surface area contributed by atoms with Gasteiger partial charge >= 0.3 is 0 Å². The monoisotopic (exact) mass is 349 g/mol. The van der Waals surface area contributed by atoms with Crippen molar-refractivity contribution in [3.05, 3.63) is 41.0 Å². The summed E-state index contributed by atoms with van der Waals surface area (Å²) in [5.74, 6) is -0.162. The zero-order valence-corrected chi connectivity index (χ0v) is 14.8. The van der Waals surface area contributed by atoms with E-state index >= 15 is 0 Å². The van der Waals surface area contributed by atoms with Crippen molar-refractivity contribution in [3.63, 3.8) is 0 Å². The molecule has 7 heteroatoms. The smallest absolute Gasteiger partial charge is 0.276 e. The van der Waals surface area contributed by atoms with Crippen molar-refractivity contribution in [2.45, 2.75) is 26.3 Å². The topological polar surface area (TPSA) is 75.4 Å². The van der Waals surface area contributed by atoms with Gasteiger partial charge in [-0.1, -0.05) is 16.8 Å². The van der Waals surface area contributed by atoms with Crippen molar-refractivity contribution in [3.8, 4) is 11.3 Å². The van der Waals surface area contributed by atoms with Crippen LogP contribution in [0.4, 0.5) is 0 Å². The van der Waals surface area contributed by atoms with Crippen LogP contribution in [-0.4, -0.2) is 41.0 Å². The number of hydrogen-bond acceptors (Lipinski definition) is 4. The van der Waals surface area contributed by atoms with Crippen LogP contribution < -0.4 is 5.32 Å². The number of benzene rings is 1. The molecule has 2 rings (SSSR count). The standard InChI is InChI=1S/C17H20ClN3O3/c1-17(2,3)19-15(22)10-21(4)16(23)13-9-14(24-20-13)11-5-7-12(18)8-6-11/h5-9H,10H2,1-4H3,(H,19,22). The molecular weight excluding hydrogens is 330 g/mol. The van der Waals surface area contributed by atoms with Crippen molar-refractivity contribution >= 4 is 23.4 Å². The number of nitrogens with one attached hydrogen (secondary N) is 1. The lowest BCUT2D eigenvalue weighted by molar-refractivity contribution is -0.122. The van der Waals surface area contributed by atoms with Gasteiger partial charge in [-0.05, 0) is 45.0 Å². The first-order valence-corrected chi connectivity index (χ1v) is 7.82. The molecule has 24 heavy (non-hydrogen) atoms. The second-order valence-electron chi connectivity index (χ2n) is 6.54. The normalized spacial score (nSPS) is 11.2.